The number of phenolic OH excluding ortho intramolecular Hbond substituents is 1. The number of hydrogen-bond acceptors (Lipinski definition) is 5. The van der Waals surface area contributed by atoms with Crippen molar-refractivity contribution in [2.75, 3.05) is 0 Å². The van der Waals surface area contributed by atoms with Gasteiger partial charge in [0.1, 0.15) is 0 Å². The molecule has 0 atom stereocenters. The summed E-state index contributed by atoms with van der Waals surface area (Å²) in [6, 6.07) is 5.73. The Balaban J connectivity index is 0.00000196. The van der Waals surface area contributed by atoms with Crippen LogP contribution in [0.3, 0.4) is 0 Å². The van der Waals surface area contributed by atoms with Crippen LogP contribution in [0.2, 0.25) is 0 Å². The topological polar surface area (TPSA) is 72.8 Å². The van der Waals surface area contributed by atoms with Gasteiger partial charge >= 0.3 is 128 Å². The van der Waals surface area contributed by atoms with E-state index in [9.17, 15) is 14.7 Å². The van der Waals surface area contributed by atoms with Gasteiger partial charge < -0.3 is 0 Å². The molecule has 1 aromatic rings. The summed E-state index contributed by atoms with van der Waals surface area (Å²) in [5.74, 6) is -1.20. The maximum atomic E-state index is 11.2. The van der Waals surface area contributed by atoms with E-state index in [2.05, 4.69) is 8.13 Å². The van der Waals surface area contributed by atoms with E-state index in [0.29, 0.717) is 0 Å². The molecule has 1 aromatic carbocycles. The summed E-state index contributed by atoms with van der Waals surface area (Å²) in [5.41, 5.74) is -0.0842. The van der Waals surface area contributed by atoms with Crippen LogP contribution in [-0.2, 0) is 28.3 Å². The predicted octanol–water partition coefficient (Wildman–Crippen LogP) is 0.231. The minimum absolute atomic E-state index is 0. The number of para-hydroxylation sites is 1. The summed E-state index contributed by atoms with van der Waals surface area (Å²) < 4.78 is 8.34. The van der Waals surface area contributed by atoms with Crippen molar-refractivity contribution >= 4 is 49.9 Å². The van der Waals surface area contributed by atoms with Gasteiger partial charge in [-0.15, -0.1) is 0 Å². The van der Waals surface area contributed by atoms with E-state index < -0.39 is 12.1 Å². The Morgan fingerprint density at radius 3 is 2.40 bits per heavy atom. The third-order valence-electron chi connectivity index (χ3n) is 1.37. The molecule has 77 valence electrons. The van der Waals surface area contributed by atoms with Gasteiger partial charge in [0.15, 0.2) is 0 Å². The average Bonchev–Trinajstić information content (AvgIpc) is 2.18. The van der Waals surface area contributed by atoms with Crippen LogP contribution in [0.15, 0.2) is 24.3 Å². The molecule has 0 saturated heterocycles. The second-order valence-corrected chi connectivity index (χ2v) is 2.65. The zero-order chi connectivity index (χ0) is 10.6. The van der Waals surface area contributed by atoms with Crippen LogP contribution in [0.4, 0.5) is 4.79 Å². The van der Waals surface area contributed by atoms with Crippen LogP contribution in [-0.4, -0.2) is 55.0 Å². The van der Waals surface area contributed by atoms with Crippen molar-refractivity contribution in [1.82, 2.24) is 0 Å². The fraction of sp³-hybridized carbons (Fsp3) is 0. The number of hydrogen-bond donors (Lipinski definition) is 1. The zero-order valence-corrected chi connectivity index (χ0v) is 8.80. The van der Waals surface area contributed by atoms with Gasteiger partial charge in [-0.25, -0.2) is 0 Å². The number of benzene rings is 1. The third-order valence-corrected chi connectivity index (χ3v) is 1.70. The second kappa shape index (κ2) is 7.23. The molecule has 0 aromatic heterocycles. The minimum atomic E-state index is -1.11. The predicted molar refractivity (Wildman–Crippen MR) is 48.5 cm³/mol. The molecule has 1 rings (SSSR count). The molecule has 0 radical (unpaired) electrons. The van der Waals surface area contributed by atoms with E-state index in [1.165, 1.54) is 18.2 Å². The Hall–Kier alpha value is -0.0919. The molecule has 0 saturated carbocycles. The van der Waals surface area contributed by atoms with Crippen LogP contribution >= 0.6 is 0 Å². The van der Waals surface area contributed by atoms with E-state index in [1.54, 1.807) is 6.07 Å². The molecule has 0 unspecified atom stereocenters. The summed E-state index contributed by atoms with van der Waals surface area (Å²) in [6.07, 6.45) is -1.11. The Morgan fingerprint density at radius 2 is 1.87 bits per heavy atom. The van der Waals surface area contributed by atoms with Gasteiger partial charge in [0.25, 0.3) is 0 Å². The molecule has 0 fully saturated rings. The van der Waals surface area contributed by atoms with E-state index in [1.807, 2.05) is 0 Å². The van der Waals surface area contributed by atoms with Gasteiger partial charge in [-0.05, 0) is 0 Å². The molecule has 7 heteroatoms. The van der Waals surface area contributed by atoms with Crippen molar-refractivity contribution in [3.8, 4) is 5.75 Å². The molecule has 15 heavy (non-hydrogen) atoms. The molecule has 0 heterocycles. The number of aromatic hydroxyl groups is 1. The first-order valence-electron chi connectivity index (χ1n) is 3.49. The number of rotatable bonds is 1. The first kappa shape index (κ1) is 14.9. The first-order chi connectivity index (χ1) is 6.65. The SMILES string of the molecule is O=C([O][Mo])OC(=O)c1ccccc1O.[CaH2]. The summed E-state index contributed by atoms with van der Waals surface area (Å²) in [7, 11) is 0. The van der Waals surface area contributed by atoms with E-state index in [0.717, 1.165) is 20.2 Å². The first-order valence-corrected chi connectivity index (χ1v) is 4.31. The van der Waals surface area contributed by atoms with Crippen LogP contribution in [0.1, 0.15) is 10.4 Å². The fourth-order valence-electron chi connectivity index (χ4n) is 0.794. The van der Waals surface area contributed by atoms with Crippen molar-refractivity contribution in [2.45, 2.75) is 0 Å². The Morgan fingerprint density at radius 1 is 1.27 bits per heavy atom. The van der Waals surface area contributed by atoms with Gasteiger partial charge in [0.2, 0.25) is 0 Å². The summed E-state index contributed by atoms with van der Waals surface area (Å²) in [5, 5.41) is 9.21. The summed E-state index contributed by atoms with van der Waals surface area (Å²) >= 11 is 1.02. The Bertz CT molecular complexity index is 368. The molecule has 0 aliphatic heterocycles. The molecule has 0 aliphatic carbocycles. The van der Waals surface area contributed by atoms with Crippen molar-refractivity contribution in [2.24, 2.45) is 0 Å². The normalized spacial score (nSPS) is 8.53. The van der Waals surface area contributed by atoms with Crippen molar-refractivity contribution in [3.63, 3.8) is 0 Å². The molecule has 0 amide bonds. The average molecular weight is 319 g/mol. The van der Waals surface area contributed by atoms with E-state index in [4.69, 9.17) is 0 Å². The second-order valence-electron chi connectivity index (χ2n) is 2.24. The number of phenols is 1. The van der Waals surface area contributed by atoms with Crippen molar-refractivity contribution in [3.05, 3.63) is 29.8 Å². The number of ether oxygens (including phenoxy) is 1. The number of carbonyl (C=O) groups excluding carboxylic acids is 2. The molecule has 1 N–H and O–H groups in total. The van der Waals surface area contributed by atoms with Crippen LogP contribution in [0.5, 0.6) is 5.75 Å². The molecular weight excluding hydrogens is 312 g/mol. The Kier molecular flexibility index (Phi) is 7.18. The molecule has 5 nitrogen and oxygen atoms in total. The van der Waals surface area contributed by atoms with Crippen LogP contribution in [0, 0.1) is 0 Å². The van der Waals surface area contributed by atoms with Crippen LogP contribution in [0.25, 0.3) is 0 Å². The van der Waals surface area contributed by atoms with Crippen LogP contribution < -0.4 is 0 Å². The molecular formula is C8H7CaMoO5. The van der Waals surface area contributed by atoms with E-state index in [-0.39, 0.29) is 49.1 Å². The van der Waals surface area contributed by atoms with Gasteiger partial charge in [-0.2, -0.15) is 0 Å². The zero-order valence-electron chi connectivity index (χ0n) is 6.80. The van der Waals surface area contributed by atoms with Crippen molar-refractivity contribution < 1.29 is 43.0 Å². The molecule has 0 aliphatic rings. The summed E-state index contributed by atoms with van der Waals surface area (Å²) in [6.45, 7) is 0. The van der Waals surface area contributed by atoms with Gasteiger partial charge in [-0.1, -0.05) is 0 Å². The maximum absolute atomic E-state index is 11.2. The van der Waals surface area contributed by atoms with Crippen molar-refractivity contribution in [1.29, 1.82) is 0 Å². The monoisotopic (exact) mass is 321 g/mol. The number of carbonyl (C=O) groups is 2. The standard InChI is InChI=1S/C8H6O5.Ca.Mo.2H/c9-6-4-2-1-3-5(6)7(10)13-8(11)12;;;;/h1-4,9H,(H,11,12);;;;/q;;+1;;/p-1. The fourth-order valence-corrected chi connectivity index (χ4v) is 0.878. The molecule has 0 bridgehead atoms. The van der Waals surface area contributed by atoms with Gasteiger partial charge in [0, 0.05) is 0 Å². The quantitative estimate of drug-likeness (QED) is 0.456. The summed E-state index contributed by atoms with van der Waals surface area (Å²) in [4.78, 5) is 21.7. The number of esters is 1. The van der Waals surface area contributed by atoms with E-state index >= 15 is 0 Å². The Labute approximate surface area is 127 Å². The molecule has 0 spiro atoms. The van der Waals surface area contributed by atoms with Gasteiger partial charge in [0.05, 0.1) is 0 Å². The third kappa shape index (κ3) is 4.51. The van der Waals surface area contributed by atoms with Gasteiger partial charge in [-0.3, -0.25) is 0 Å².